The highest BCUT2D eigenvalue weighted by Crippen LogP contribution is 2.20. The Morgan fingerprint density at radius 2 is 1.80 bits per heavy atom. The first-order chi connectivity index (χ1) is 7.27. The van der Waals surface area contributed by atoms with Crippen molar-refractivity contribution in [3.63, 3.8) is 0 Å². The minimum absolute atomic E-state index is 0.753. The molecule has 1 aliphatic heterocycles. The van der Waals surface area contributed by atoms with Gasteiger partial charge in [-0.25, -0.2) is 0 Å². The molecule has 1 aliphatic rings. The van der Waals surface area contributed by atoms with Crippen molar-refractivity contribution < 1.29 is 0 Å². The van der Waals surface area contributed by atoms with E-state index in [0.717, 1.165) is 19.1 Å². The second-order valence-corrected chi connectivity index (χ2v) is 4.39. The van der Waals surface area contributed by atoms with Crippen LogP contribution in [0.4, 0.5) is 5.69 Å². The standard InChI is InChI=1S/C12H19N3/c1-14(2)11-5-9-15(10-6-11)12-3-7-13-8-4-12/h3-4,7-8,11H,5-6,9-10H2,1-2H3. The van der Waals surface area contributed by atoms with Crippen LogP contribution in [-0.2, 0) is 0 Å². The molecule has 0 radical (unpaired) electrons. The molecule has 82 valence electrons. The molecule has 0 saturated carbocycles. The molecule has 0 unspecified atom stereocenters. The molecule has 0 amide bonds. The van der Waals surface area contributed by atoms with Crippen LogP contribution in [0, 0.1) is 0 Å². The van der Waals surface area contributed by atoms with Gasteiger partial charge in [0.1, 0.15) is 0 Å². The lowest BCUT2D eigenvalue weighted by Crippen LogP contribution is -2.41. The van der Waals surface area contributed by atoms with Crippen molar-refractivity contribution in [1.29, 1.82) is 0 Å². The van der Waals surface area contributed by atoms with Gasteiger partial charge in [0.25, 0.3) is 0 Å². The maximum atomic E-state index is 4.05. The largest absolute Gasteiger partial charge is 0.371 e. The van der Waals surface area contributed by atoms with Crippen molar-refractivity contribution in [2.45, 2.75) is 18.9 Å². The molecule has 1 aromatic rings. The predicted octanol–water partition coefficient (Wildman–Crippen LogP) is 1.61. The Hall–Kier alpha value is -1.09. The Balaban J connectivity index is 1.94. The van der Waals surface area contributed by atoms with Crippen LogP contribution in [-0.4, -0.2) is 43.1 Å². The van der Waals surface area contributed by atoms with Crippen molar-refractivity contribution in [1.82, 2.24) is 9.88 Å². The molecule has 1 fully saturated rings. The van der Waals surface area contributed by atoms with E-state index in [0.29, 0.717) is 0 Å². The lowest BCUT2D eigenvalue weighted by atomic mass is 10.0. The van der Waals surface area contributed by atoms with Gasteiger partial charge < -0.3 is 9.80 Å². The fraction of sp³-hybridized carbons (Fsp3) is 0.583. The summed E-state index contributed by atoms with van der Waals surface area (Å²) in [5, 5.41) is 0. The van der Waals surface area contributed by atoms with Crippen molar-refractivity contribution >= 4 is 5.69 Å². The number of aromatic nitrogens is 1. The molecule has 2 heterocycles. The average Bonchev–Trinajstić information content (AvgIpc) is 2.30. The second-order valence-electron chi connectivity index (χ2n) is 4.39. The van der Waals surface area contributed by atoms with E-state index < -0.39 is 0 Å². The summed E-state index contributed by atoms with van der Waals surface area (Å²) in [7, 11) is 4.35. The Morgan fingerprint density at radius 1 is 1.20 bits per heavy atom. The van der Waals surface area contributed by atoms with E-state index >= 15 is 0 Å². The number of nitrogens with zero attached hydrogens (tertiary/aromatic N) is 3. The van der Waals surface area contributed by atoms with Gasteiger partial charge in [0.15, 0.2) is 0 Å². The Bertz CT molecular complexity index is 289. The van der Waals surface area contributed by atoms with E-state index in [1.165, 1.54) is 18.5 Å². The molecule has 3 heteroatoms. The third-order valence-electron chi connectivity index (χ3n) is 3.22. The molecule has 1 aromatic heterocycles. The van der Waals surface area contributed by atoms with E-state index in [4.69, 9.17) is 0 Å². The molecule has 3 nitrogen and oxygen atoms in total. The third-order valence-corrected chi connectivity index (χ3v) is 3.22. The van der Waals surface area contributed by atoms with Crippen LogP contribution in [0.3, 0.4) is 0 Å². The summed E-state index contributed by atoms with van der Waals surface area (Å²) in [6, 6.07) is 4.94. The van der Waals surface area contributed by atoms with Crippen LogP contribution in [0.2, 0.25) is 0 Å². The highest BCUT2D eigenvalue weighted by Gasteiger charge is 2.20. The number of hydrogen-bond donors (Lipinski definition) is 0. The van der Waals surface area contributed by atoms with Gasteiger partial charge in [-0.15, -0.1) is 0 Å². The smallest absolute Gasteiger partial charge is 0.0397 e. The maximum absolute atomic E-state index is 4.05. The summed E-state index contributed by atoms with van der Waals surface area (Å²) in [4.78, 5) is 8.83. The van der Waals surface area contributed by atoms with Gasteiger partial charge in [-0.1, -0.05) is 0 Å². The van der Waals surface area contributed by atoms with E-state index in [9.17, 15) is 0 Å². The van der Waals surface area contributed by atoms with Crippen LogP contribution in [0.15, 0.2) is 24.5 Å². The lowest BCUT2D eigenvalue weighted by Gasteiger charge is -2.36. The number of pyridine rings is 1. The quantitative estimate of drug-likeness (QED) is 0.731. The zero-order valence-electron chi connectivity index (χ0n) is 9.56. The normalized spacial score (nSPS) is 18.5. The number of hydrogen-bond acceptors (Lipinski definition) is 3. The molecule has 0 aliphatic carbocycles. The SMILES string of the molecule is CN(C)C1CCN(c2ccncc2)CC1. The molecular formula is C12H19N3. The summed E-state index contributed by atoms with van der Waals surface area (Å²) < 4.78 is 0. The number of rotatable bonds is 2. The van der Waals surface area contributed by atoms with Gasteiger partial charge in [0.2, 0.25) is 0 Å². The molecule has 0 spiro atoms. The highest BCUT2D eigenvalue weighted by molar-refractivity contribution is 5.44. The molecule has 0 aromatic carbocycles. The number of anilines is 1. The summed E-state index contributed by atoms with van der Waals surface area (Å²) >= 11 is 0. The molecule has 2 rings (SSSR count). The summed E-state index contributed by atoms with van der Waals surface area (Å²) in [6.45, 7) is 2.32. The van der Waals surface area contributed by atoms with Crippen LogP contribution in [0.25, 0.3) is 0 Å². The van der Waals surface area contributed by atoms with Crippen molar-refractivity contribution in [3.8, 4) is 0 Å². The van der Waals surface area contributed by atoms with Gasteiger partial charge >= 0.3 is 0 Å². The van der Waals surface area contributed by atoms with E-state index in [1.54, 1.807) is 0 Å². The van der Waals surface area contributed by atoms with E-state index in [1.807, 2.05) is 12.4 Å². The summed E-state index contributed by atoms with van der Waals surface area (Å²) in [5.41, 5.74) is 1.31. The second kappa shape index (κ2) is 4.62. The molecular weight excluding hydrogens is 186 g/mol. The first-order valence-corrected chi connectivity index (χ1v) is 5.59. The monoisotopic (exact) mass is 205 g/mol. The van der Waals surface area contributed by atoms with Crippen LogP contribution in [0.5, 0.6) is 0 Å². The summed E-state index contributed by atoms with van der Waals surface area (Å²) in [6.07, 6.45) is 6.26. The Kier molecular flexibility index (Phi) is 3.21. The van der Waals surface area contributed by atoms with Gasteiger partial charge in [0.05, 0.1) is 0 Å². The van der Waals surface area contributed by atoms with Crippen molar-refractivity contribution in [2.75, 3.05) is 32.1 Å². The fourth-order valence-electron chi connectivity index (χ4n) is 2.20. The lowest BCUT2D eigenvalue weighted by molar-refractivity contribution is 0.249. The van der Waals surface area contributed by atoms with E-state index in [2.05, 4.69) is 41.0 Å². The molecule has 0 atom stereocenters. The topological polar surface area (TPSA) is 19.4 Å². The fourth-order valence-corrected chi connectivity index (χ4v) is 2.20. The first kappa shape index (κ1) is 10.4. The molecule has 15 heavy (non-hydrogen) atoms. The molecule has 0 N–H and O–H groups in total. The first-order valence-electron chi connectivity index (χ1n) is 5.59. The molecule has 0 bridgehead atoms. The Morgan fingerprint density at radius 3 is 2.33 bits per heavy atom. The van der Waals surface area contributed by atoms with Crippen molar-refractivity contribution in [3.05, 3.63) is 24.5 Å². The zero-order valence-corrected chi connectivity index (χ0v) is 9.56. The van der Waals surface area contributed by atoms with Crippen LogP contribution in [0.1, 0.15) is 12.8 Å². The van der Waals surface area contributed by atoms with Gasteiger partial charge in [-0.3, -0.25) is 4.98 Å². The van der Waals surface area contributed by atoms with Crippen LogP contribution >= 0.6 is 0 Å². The Labute approximate surface area is 91.7 Å². The van der Waals surface area contributed by atoms with E-state index in [-0.39, 0.29) is 0 Å². The minimum atomic E-state index is 0.753. The highest BCUT2D eigenvalue weighted by atomic mass is 15.2. The summed E-state index contributed by atoms with van der Waals surface area (Å²) in [5.74, 6) is 0. The van der Waals surface area contributed by atoms with Gasteiger partial charge in [-0.05, 0) is 39.1 Å². The minimum Gasteiger partial charge on any atom is -0.371 e. The van der Waals surface area contributed by atoms with Crippen LogP contribution < -0.4 is 4.90 Å². The number of piperidine rings is 1. The predicted molar refractivity (Wildman–Crippen MR) is 63.2 cm³/mol. The third kappa shape index (κ3) is 2.48. The van der Waals surface area contributed by atoms with Gasteiger partial charge in [0, 0.05) is 37.2 Å². The zero-order chi connectivity index (χ0) is 10.7. The average molecular weight is 205 g/mol. The molecule has 1 saturated heterocycles. The maximum Gasteiger partial charge on any atom is 0.0397 e. The van der Waals surface area contributed by atoms with Gasteiger partial charge in [-0.2, -0.15) is 0 Å². The van der Waals surface area contributed by atoms with Crippen molar-refractivity contribution in [2.24, 2.45) is 0 Å².